The van der Waals surface area contributed by atoms with Crippen LogP contribution in [0.25, 0.3) is 21.3 Å². The zero-order valence-corrected chi connectivity index (χ0v) is 18.1. The zero-order valence-electron chi connectivity index (χ0n) is 16.3. The molecular weight excluding hydrogens is 354 g/mol. The molecule has 26 heavy (non-hydrogen) atoms. The summed E-state index contributed by atoms with van der Waals surface area (Å²) in [6, 6.07) is 16.6. The Balaban J connectivity index is 1.96. The first-order chi connectivity index (χ1) is 12.7. The number of pyridine rings is 1. The van der Waals surface area contributed by atoms with Crippen molar-refractivity contribution < 1.29 is 4.43 Å². The number of hydrogen-bond acceptors (Lipinski definition) is 3. The molecule has 1 unspecified atom stereocenters. The highest BCUT2D eigenvalue weighted by Gasteiger charge is 2.32. The summed E-state index contributed by atoms with van der Waals surface area (Å²) >= 11 is 1.79. The maximum absolute atomic E-state index is 6.80. The summed E-state index contributed by atoms with van der Waals surface area (Å²) in [4.78, 5) is 4.68. The third kappa shape index (κ3) is 3.78. The summed E-state index contributed by atoms with van der Waals surface area (Å²) in [6.07, 6.45) is 3.11. The van der Waals surface area contributed by atoms with E-state index in [-0.39, 0.29) is 6.10 Å². The summed E-state index contributed by atoms with van der Waals surface area (Å²) in [5.74, 6) is 0. The maximum Gasteiger partial charge on any atom is 0.192 e. The Morgan fingerprint density at radius 2 is 1.81 bits per heavy atom. The molecule has 3 rings (SSSR count). The predicted molar refractivity (Wildman–Crippen MR) is 116 cm³/mol. The normalized spacial score (nSPS) is 13.2. The Kier molecular flexibility index (Phi) is 6.27. The Morgan fingerprint density at radius 3 is 2.50 bits per heavy atom. The summed E-state index contributed by atoms with van der Waals surface area (Å²) < 4.78 is 8.11. The molecule has 0 aliphatic carbocycles. The van der Waals surface area contributed by atoms with Gasteiger partial charge in [0, 0.05) is 16.5 Å². The summed E-state index contributed by atoms with van der Waals surface area (Å²) in [7, 11) is -1.63. The van der Waals surface area contributed by atoms with Crippen LogP contribution in [0.3, 0.4) is 0 Å². The molecule has 0 amide bonds. The van der Waals surface area contributed by atoms with Crippen molar-refractivity contribution in [1.82, 2.24) is 4.98 Å². The molecule has 0 aliphatic rings. The van der Waals surface area contributed by atoms with E-state index in [9.17, 15) is 0 Å². The number of hydrogen-bond donors (Lipinski definition) is 0. The highest BCUT2D eigenvalue weighted by Crippen LogP contribution is 2.35. The first-order valence-electron chi connectivity index (χ1n) is 9.76. The SMILES string of the molecule is CCC(O[Si](CC)(CC)CC)c1ccnc(-c2cccc3ccsc23)c1. The third-order valence-electron chi connectivity index (χ3n) is 5.61. The summed E-state index contributed by atoms with van der Waals surface area (Å²) in [5, 5.41) is 3.44. The number of aromatic nitrogens is 1. The van der Waals surface area contributed by atoms with Crippen LogP contribution in [0.4, 0.5) is 0 Å². The van der Waals surface area contributed by atoms with Crippen LogP contribution in [0, 0.1) is 0 Å². The molecule has 138 valence electrons. The second-order valence-corrected chi connectivity index (χ2v) is 12.5. The molecule has 0 fully saturated rings. The van der Waals surface area contributed by atoms with Crippen molar-refractivity contribution in [2.24, 2.45) is 0 Å². The third-order valence-corrected chi connectivity index (χ3v) is 11.2. The number of fused-ring (bicyclic) bond motifs is 1. The molecular formula is C22H29NOSSi. The number of rotatable bonds is 8. The molecule has 1 atom stereocenters. The van der Waals surface area contributed by atoms with E-state index in [1.165, 1.54) is 39.3 Å². The average molecular weight is 384 g/mol. The fourth-order valence-corrected chi connectivity index (χ4v) is 7.51. The van der Waals surface area contributed by atoms with Gasteiger partial charge in [-0.3, -0.25) is 4.98 Å². The lowest BCUT2D eigenvalue weighted by Crippen LogP contribution is -2.37. The van der Waals surface area contributed by atoms with Gasteiger partial charge in [-0.05, 0) is 59.1 Å². The topological polar surface area (TPSA) is 22.1 Å². The van der Waals surface area contributed by atoms with Crippen molar-refractivity contribution in [2.45, 2.75) is 58.4 Å². The lowest BCUT2D eigenvalue weighted by Gasteiger charge is -2.33. The van der Waals surface area contributed by atoms with Gasteiger partial charge in [0.1, 0.15) is 0 Å². The first-order valence-corrected chi connectivity index (χ1v) is 13.2. The van der Waals surface area contributed by atoms with Crippen molar-refractivity contribution >= 4 is 29.7 Å². The van der Waals surface area contributed by atoms with Gasteiger partial charge in [-0.2, -0.15) is 0 Å². The van der Waals surface area contributed by atoms with Gasteiger partial charge < -0.3 is 4.43 Å². The van der Waals surface area contributed by atoms with E-state index in [0.29, 0.717) is 0 Å². The largest absolute Gasteiger partial charge is 0.410 e. The van der Waals surface area contributed by atoms with Gasteiger partial charge in [-0.25, -0.2) is 0 Å². The molecule has 2 heterocycles. The van der Waals surface area contributed by atoms with Crippen molar-refractivity contribution in [3.8, 4) is 11.3 Å². The molecule has 3 aromatic rings. The molecule has 1 aromatic carbocycles. The minimum Gasteiger partial charge on any atom is -0.410 e. The lowest BCUT2D eigenvalue weighted by molar-refractivity contribution is 0.185. The van der Waals surface area contributed by atoms with Crippen LogP contribution in [0.5, 0.6) is 0 Å². The fourth-order valence-electron chi connectivity index (χ4n) is 3.68. The van der Waals surface area contributed by atoms with Crippen molar-refractivity contribution in [1.29, 1.82) is 0 Å². The fraction of sp³-hybridized carbons (Fsp3) is 0.409. The number of nitrogens with zero attached hydrogens (tertiary/aromatic N) is 1. The zero-order chi connectivity index (χ0) is 18.6. The minimum atomic E-state index is -1.63. The van der Waals surface area contributed by atoms with E-state index in [0.717, 1.165) is 12.1 Å². The van der Waals surface area contributed by atoms with E-state index in [1.807, 2.05) is 6.20 Å². The number of thiophene rings is 1. The molecule has 0 saturated heterocycles. The highest BCUT2D eigenvalue weighted by atomic mass is 32.1. The van der Waals surface area contributed by atoms with Crippen LogP contribution in [0.15, 0.2) is 48.0 Å². The standard InChI is InChI=1S/C22H29NOSSi/c1-5-21(24-26(6-2,7-3)8-4)18-12-14-23-20(16-18)19-11-9-10-17-13-15-25-22(17)19/h9-16,21H,5-8H2,1-4H3. The smallest absolute Gasteiger partial charge is 0.192 e. The molecule has 0 spiro atoms. The van der Waals surface area contributed by atoms with Gasteiger partial charge in [0.2, 0.25) is 0 Å². The Morgan fingerprint density at radius 1 is 1.04 bits per heavy atom. The van der Waals surface area contributed by atoms with Gasteiger partial charge in [0.15, 0.2) is 8.32 Å². The summed E-state index contributed by atoms with van der Waals surface area (Å²) in [5.41, 5.74) is 3.53. The minimum absolute atomic E-state index is 0.172. The first kappa shape index (κ1) is 19.3. The second-order valence-electron chi connectivity index (χ2n) is 6.88. The van der Waals surface area contributed by atoms with Crippen LogP contribution in [-0.2, 0) is 4.43 Å². The van der Waals surface area contributed by atoms with E-state index >= 15 is 0 Å². The predicted octanol–water partition coefficient (Wildman–Crippen LogP) is 7.44. The Labute approximate surface area is 162 Å². The van der Waals surface area contributed by atoms with Crippen LogP contribution in [0.2, 0.25) is 18.1 Å². The second kappa shape index (κ2) is 8.46. The molecule has 4 heteroatoms. The van der Waals surface area contributed by atoms with Gasteiger partial charge in [0.05, 0.1) is 11.8 Å². The monoisotopic (exact) mass is 383 g/mol. The molecule has 0 saturated carbocycles. The molecule has 0 bridgehead atoms. The van der Waals surface area contributed by atoms with Crippen molar-refractivity contribution in [3.05, 3.63) is 53.5 Å². The maximum atomic E-state index is 6.80. The van der Waals surface area contributed by atoms with Gasteiger partial charge in [0.25, 0.3) is 0 Å². The van der Waals surface area contributed by atoms with E-state index in [1.54, 1.807) is 11.3 Å². The highest BCUT2D eigenvalue weighted by molar-refractivity contribution is 7.17. The molecule has 0 N–H and O–H groups in total. The molecule has 0 radical (unpaired) electrons. The average Bonchev–Trinajstić information content (AvgIpc) is 3.18. The molecule has 2 aromatic heterocycles. The van der Waals surface area contributed by atoms with E-state index in [2.05, 4.69) is 74.5 Å². The van der Waals surface area contributed by atoms with E-state index < -0.39 is 8.32 Å². The van der Waals surface area contributed by atoms with Crippen LogP contribution in [0.1, 0.15) is 45.8 Å². The Bertz CT molecular complexity index is 848. The van der Waals surface area contributed by atoms with Crippen molar-refractivity contribution in [2.75, 3.05) is 0 Å². The summed E-state index contributed by atoms with van der Waals surface area (Å²) in [6.45, 7) is 9.11. The van der Waals surface area contributed by atoms with Crippen LogP contribution < -0.4 is 0 Å². The van der Waals surface area contributed by atoms with Gasteiger partial charge >= 0.3 is 0 Å². The quantitative estimate of drug-likeness (QED) is 0.377. The lowest BCUT2D eigenvalue weighted by atomic mass is 10.0. The Hall–Kier alpha value is -1.49. The van der Waals surface area contributed by atoms with Gasteiger partial charge in [-0.1, -0.05) is 45.9 Å². The van der Waals surface area contributed by atoms with Crippen LogP contribution in [-0.4, -0.2) is 13.3 Å². The van der Waals surface area contributed by atoms with Gasteiger partial charge in [-0.15, -0.1) is 11.3 Å². The van der Waals surface area contributed by atoms with Crippen molar-refractivity contribution in [3.63, 3.8) is 0 Å². The van der Waals surface area contributed by atoms with Crippen LogP contribution >= 0.6 is 11.3 Å². The number of benzene rings is 1. The van der Waals surface area contributed by atoms with E-state index in [4.69, 9.17) is 4.43 Å². The molecule has 2 nitrogen and oxygen atoms in total. The molecule has 0 aliphatic heterocycles.